The normalized spacial score (nSPS) is 19.9. The summed E-state index contributed by atoms with van der Waals surface area (Å²) in [6.07, 6.45) is 3.93. The summed E-state index contributed by atoms with van der Waals surface area (Å²) in [6, 6.07) is 4.12. The standard InChI is InChI=1S/C12H14F2/c1-12(7-2-3-8-12)11-9(13)5-4-6-10(11)14/h4-6H,2-3,7-8H2,1H3. The Kier molecular flexibility index (Phi) is 2.30. The maximum atomic E-state index is 13.5. The molecule has 1 fully saturated rings. The van der Waals surface area contributed by atoms with Crippen LogP contribution >= 0.6 is 0 Å². The second-order valence-electron chi connectivity index (χ2n) is 4.36. The fourth-order valence-electron chi connectivity index (χ4n) is 2.48. The zero-order chi connectivity index (χ0) is 10.2. The Morgan fingerprint density at radius 1 is 1.07 bits per heavy atom. The van der Waals surface area contributed by atoms with Crippen LogP contribution in [0.2, 0.25) is 0 Å². The van der Waals surface area contributed by atoms with Crippen LogP contribution in [0.4, 0.5) is 8.78 Å². The van der Waals surface area contributed by atoms with E-state index in [4.69, 9.17) is 0 Å². The van der Waals surface area contributed by atoms with Gasteiger partial charge < -0.3 is 0 Å². The van der Waals surface area contributed by atoms with Crippen molar-refractivity contribution < 1.29 is 8.78 Å². The van der Waals surface area contributed by atoms with Crippen LogP contribution < -0.4 is 0 Å². The first-order valence-electron chi connectivity index (χ1n) is 5.08. The predicted molar refractivity (Wildman–Crippen MR) is 52.2 cm³/mol. The molecule has 0 bridgehead atoms. The zero-order valence-electron chi connectivity index (χ0n) is 8.32. The van der Waals surface area contributed by atoms with Crippen LogP contribution in [0.3, 0.4) is 0 Å². The summed E-state index contributed by atoms with van der Waals surface area (Å²) in [4.78, 5) is 0. The Morgan fingerprint density at radius 3 is 2.07 bits per heavy atom. The lowest BCUT2D eigenvalue weighted by molar-refractivity contribution is 0.425. The van der Waals surface area contributed by atoms with E-state index in [-0.39, 0.29) is 11.0 Å². The van der Waals surface area contributed by atoms with E-state index in [1.165, 1.54) is 18.2 Å². The molecule has 1 aromatic rings. The minimum absolute atomic E-state index is 0.282. The lowest BCUT2D eigenvalue weighted by Gasteiger charge is -2.24. The van der Waals surface area contributed by atoms with E-state index in [0.29, 0.717) is 0 Å². The summed E-state index contributed by atoms with van der Waals surface area (Å²) >= 11 is 0. The Hall–Kier alpha value is -0.920. The van der Waals surface area contributed by atoms with Crippen LogP contribution in [0, 0.1) is 11.6 Å². The molecule has 0 unspecified atom stereocenters. The Balaban J connectivity index is 2.49. The molecular formula is C12H14F2. The van der Waals surface area contributed by atoms with Crippen molar-refractivity contribution in [2.45, 2.75) is 38.0 Å². The van der Waals surface area contributed by atoms with E-state index < -0.39 is 11.6 Å². The average molecular weight is 196 g/mol. The van der Waals surface area contributed by atoms with Gasteiger partial charge in [-0.15, -0.1) is 0 Å². The van der Waals surface area contributed by atoms with Crippen LogP contribution in [0.25, 0.3) is 0 Å². The lowest BCUT2D eigenvalue weighted by Crippen LogP contribution is -2.20. The van der Waals surface area contributed by atoms with Crippen LogP contribution in [0.15, 0.2) is 18.2 Å². The number of rotatable bonds is 1. The van der Waals surface area contributed by atoms with Crippen molar-refractivity contribution in [3.05, 3.63) is 35.4 Å². The van der Waals surface area contributed by atoms with Crippen LogP contribution in [0.1, 0.15) is 38.2 Å². The van der Waals surface area contributed by atoms with Crippen molar-refractivity contribution in [3.8, 4) is 0 Å². The van der Waals surface area contributed by atoms with Gasteiger partial charge in [-0.2, -0.15) is 0 Å². The maximum Gasteiger partial charge on any atom is 0.129 e. The van der Waals surface area contributed by atoms with E-state index >= 15 is 0 Å². The second-order valence-corrected chi connectivity index (χ2v) is 4.36. The second kappa shape index (κ2) is 3.34. The van der Waals surface area contributed by atoms with Crippen molar-refractivity contribution in [1.29, 1.82) is 0 Å². The molecule has 0 saturated heterocycles. The Morgan fingerprint density at radius 2 is 1.57 bits per heavy atom. The zero-order valence-corrected chi connectivity index (χ0v) is 8.32. The SMILES string of the molecule is CC1(c2c(F)cccc2F)CCCC1. The van der Waals surface area contributed by atoms with Crippen molar-refractivity contribution >= 4 is 0 Å². The molecular weight excluding hydrogens is 182 g/mol. The van der Waals surface area contributed by atoms with Gasteiger partial charge >= 0.3 is 0 Å². The molecule has 0 nitrogen and oxygen atoms in total. The fourth-order valence-corrected chi connectivity index (χ4v) is 2.48. The minimum Gasteiger partial charge on any atom is -0.207 e. The first-order chi connectivity index (χ1) is 6.63. The molecule has 2 heteroatoms. The quantitative estimate of drug-likeness (QED) is 0.641. The number of hydrogen-bond acceptors (Lipinski definition) is 0. The monoisotopic (exact) mass is 196 g/mol. The topological polar surface area (TPSA) is 0 Å². The van der Waals surface area contributed by atoms with Gasteiger partial charge in [0.1, 0.15) is 11.6 Å². The maximum absolute atomic E-state index is 13.5. The molecule has 1 aliphatic rings. The molecule has 1 aromatic carbocycles. The average Bonchev–Trinajstić information content (AvgIpc) is 2.52. The van der Waals surface area contributed by atoms with Gasteiger partial charge in [-0.25, -0.2) is 8.78 Å². The van der Waals surface area contributed by atoms with E-state index in [2.05, 4.69) is 0 Å². The van der Waals surface area contributed by atoms with Gasteiger partial charge in [0.15, 0.2) is 0 Å². The molecule has 14 heavy (non-hydrogen) atoms. The van der Waals surface area contributed by atoms with Gasteiger partial charge in [0.05, 0.1) is 0 Å². The van der Waals surface area contributed by atoms with E-state index in [1.54, 1.807) is 0 Å². The van der Waals surface area contributed by atoms with Gasteiger partial charge in [-0.1, -0.05) is 25.8 Å². The Bertz CT molecular complexity index is 318. The summed E-state index contributed by atoms with van der Waals surface area (Å²) < 4.78 is 27.0. The third-order valence-corrected chi connectivity index (χ3v) is 3.27. The van der Waals surface area contributed by atoms with E-state index in [1.807, 2.05) is 6.92 Å². The van der Waals surface area contributed by atoms with Gasteiger partial charge in [0.25, 0.3) is 0 Å². The molecule has 1 aliphatic carbocycles. The number of halogens is 2. The lowest BCUT2D eigenvalue weighted by atomic mass is 9.80. The van der Waals surface area contributed by atoms with Gasteiger partial charge in [0.2, 0.25) is 0 Å². The smallest absolute Gasteiger partial charge is 0.129 e. The van der Waals surface area contributed by atoms with Crippen LogP contribution in [-0.4, -0.2) is 0 Å². The largest absolute Gasteiger partial charge is 0.207 e. The number of hydrogen-bond donors (Lipinski definition) is 0. The van der Waals surface area contributed by atoms with Gasteiger partial charge in [-0.3, -0.25) is 0 Å². The van der Waals surface area contributed by atoms with Crippen molar-refractivity contribution in [2.75, 3.05) is 0 Å². The van der Waals surface area contributed by atoms with Gasteiger partial charge in [0, 0.05) is 5.56 Å². The summed E-state index contributed by atoms with van der Waals surface area (Å²) in [6.45, 7) is 1.96. The summed E-state index contributed by atoms with van der Waals surface area (Å²) in [5.74, 6) is -0.788. The first-order valence-corrected chi connectivity index (χ1v) is 5.08. The highest BCUT2D eigenvalue weighted by Gasteiger charge is 2.35. The van der Waals surface area contributed by atoms with Crippen LogP contribution in [0.5, 0.6) is 0 Å². The Labute approximate surface area is 82.9 Å². The predicted octanol–water partition coefficient (Wildman–Crippen LogP) is 3.80. The minimum atomic E-state index is -0.394. The first kappa shape index (κ1) is 9.63. The number of benzene rings is 1. The molecule has 0 radical (unpaired) electrons. The molecule has 1 saturated carbocycles. The van der Waals surface area contributed by atoms with Crippen molar-refractivity contribution in [2.24, 2.45) is 0 Å². The molecule has 0 amide bonds. The fraction of sp³-hybridized carbons (Fsp3) is 0.500. The highest BCUT2D eigenvalue weighted by molar-refractivity contribution is 5.29. The van der Waals surface area contributed by atoms with Gasteiger partial charge in [-0.05, 0) is 30.4 Å². The molecule has 76 valence electrons. The molecule has 0 aromatic heterocycles. The molecule has 0 spiro atoms. The van der Waals surface area contributed by atoms with Crippen molar-refractivity contribution in [1.82, 2.24) is 0 Å². The molecule has 0 aliphatic heterocycles. The summed E-state index contributed by atoms with van der Waals surface area (Å²) in [5.41, 5.74) is 0.00704. The van der Waals surface area contributed by atoms with Crippen molar-refractivity contribution in [3.63, 3.8) is 0 Å². The van der Waals surface area contributed by atoms with E-state index in [9.17, 15) is 8.78 Å². The molecule has 0 N–H and O–H groups in total. The van der Waals surface area contributed by atoms with Crippen LogP contribution in [-0.2, 0) is 5.41 Å². The highest BCUT2D eigenvalue weighted by atomic mass is 19.1. The third kappa shape index (κ3) is 1.43. The molecule has 2 rings (SSSR count). The molecule has 0 atom stereocenters. The van der Waals surface area contributed by atoms with E-state index in [0.717, 1.165) is 25.7 Å². The third-order valence-electron chi connectivity index (χ3n) is 3.27. The highest BCUT2D eigenvalue weighted by Crippen LogP contribution is 2.42. The summed E-state index contributed by atoms with van der Waals surface area (Å²) in [7, 11) is 0. The summed E-state index contributed by atoms with van der Waals surface area (Å²) in [5, 5.41) is 0. The molecule has 0 heterocycles.